The number of ether oxygens (including phenoxy) is 1. The number of fused-ring (bicyclic) bond motifs is 1. The van der Waals surface area contributed by atoms with Crippen molar-refractivity contribution < 1.29 is 14.3 Å². The van der Waals surface area contributed by atoms with Gasteiger partial charge in [-0.25, -0.2) is 0 Å². The summed E-state index contributed by atoms with van der Waals surface area (Å²) in [6.07, 6.45) is 6.51. The summed E-state index contributed by atoms with van der Waals surface area (Å²) >= 11 is 1.93. The number of rotatable bonds is 1. The number of methoxy groups -OCH3 is 1. The zero-order valence-electron chi connectivity index (χ0n) is 8.44. The van der Waals surface area contributed by atoms with E-state index in [1.54, 1.807) is 18.2 Å². The van der Waals surface area contributed by atoms with Crippen molar-refractivity contribution in [1.82, 2.24) is 0 Å². The Labute approximate surface area is 106 Å². The van der Waals surface area contributed by atoms with E-state index in [1.165, 1.54) is 13.3 Å². The van der Waals surface area contributed by atoms with Crippen molar-refractivity contribution in [3.05, 3.63) is 33.6 Å². The highest BCUT2D eigenvalue weighted by Crippen LogP contribution is 2.26. The van der Waals surface area contributed by atoms with Gasteiger partial charge in [0.2, 0.25) is 5.78 Å². The second-order valence-corrected chi connectivity index (χ2v) is 4.45. The van der Waals surface area contributed by atoms with Crippen molar-refractivity contribution in [3.63, 3.8) is 0 Å². The van der Waals surface area contributed by atoms with Gasteiger partial charge in [0.05, 0.1) is 16.4 Å². The van der Waals surface area contributed by atoms with E-state index in [1.807, 2.05) is 22.6 Å². The lowest BCUT2D eigenvalue weighted by Crippen LogP contribution is -2.31. The lowest BCUT2D eigenvalue weighted by Gasteiger charge is -2.20. The monoisotopic (exact) mass is 329 g/mol. The van der Waals surface area contributed by atoms with Crippen LogP contribution >= 0.6 is 22.6 Å². The fourth-order valence-electron chi connectivity index (χ4n) is 1.58. The Morgan fingerprint density at radius 1 is 1.56 bits per heavy atom. The number of hydrogen-bond donors (Lipinski definition) is 0. The minimum absolute atomic E-state index is 0.0937. The molecule has 2 rings (SSSR count). The molecule has 2 aliphatic rings. The highest BCUT2D eigenvalue weighted by Gasteiger charge is 2.32. The summed E-state index contributed by atoms with van der Waals surface area (Å²) < 4.78 is 5.22. The quantitative estimate of drug-likeness (QED) is 0.542. The van der Waals surface area contributed by atoms with Gasteiger partial charge >= 0.3 is 5.97 Å². The number of ketones is 1. The standard InChI is InChI=1S/C11H8INO3/c1-16-11(15)7-4-2-3-6-9(7)13-5-8(12)10(6)14/h2-5,7H,1H3. The predicted octanol–water partition coefficient (Wildman–Crippen LogP) is 1.57. The van der Waals surface area contributed by atoms with Crippen LogP contribution in [0.15, 0.2) is 38.6 Å². The van der Waals surface area contributed by atoms with E-state index in [9.17, 15) is 9.59 Å². The maximum atomic E-state index is 11.8. The highest BCUT2D eigenvalue weighted by atomic mass is 127. The molecule has 0 N–H and O–H groups in total. The van der Waals surface area contributed by atoms with Gasteiger partial charge in [-0.1, -0.05) is 12.2 Å². The van der Waals surface area contributed by atoms with Gasteiger partial charge in [-0.05, 0) is 28.7 Å². The van der Waals surface area contributed by atoms with Crippen LogP contribution in [0.1, 0.15) is 0 Å². The molecule has 0 aromatic rings. The van der Waals surface area contributed by atoms with E-state index < -0.39 is 11.9 Å². The van der Waals surface area contributed by atoms with Gasteiger partial charge in [0.25, 0.3) is 0 Å². The molecule has 0 bridgehead atoms. The first-order valence-electron chi connectivity index (χ1n) is 4.60. The summed E-state index contributed by atoms with van der Waals surface area (Å²) in [5, 5.41) is 0. The van der Waals surface area contributed by atoms with Crippen LogP contribution in [0.5, 0.6) is 0 Å². The molecule has 5 heteroatoms. The Kier molecular flexibility index (Phi) is 3.04. The number of esters is 1. The molecule has 4 nitrogen and oxygen atoms in total. The van der Waals surface area contributed by atoms with Crippen molar-refractivity contribution in [2.24, 2.45) is 10.9 Å². The van der Waals surface area contributed by atoms with Gasteiger partial charge in [0.1, 0.15) is 5.92 Å². The second kappa shape index (κ2) is 4.32. The van der Waals surface area contributed by atoms with Crippen molar-refractivity contribution in [3.8, 4) is 0 Å². The molecule has 0 amide bonds. The molecule has 16 heavy (non-hydrogen) atoms. The Balaban J connectivity index is 2.44. The zero-order chi connectivity index (χ0) is 11.7. The topological polar surface area (TPSA) is 55.7 Å². The van der Waals surface area contributed by atoms with Crippen LogP contribution in [0.4, 0.5) is 0 Å². The fraction of sp³-hybridized carbons (Fsp3) is 0.182. The summed E-state index contributed by atoms with van der Waals surface area (Å²) in [6.45, 7) is 0. The number of Topliss-reactive ketones (excluding diaryl/α,β-unsaturated/α-hetero) is 1. The van der Waals surface area contributed by atoms with E-state index in [-0.39, 0.29) is 5.78 Å². The molecule has 0 aromatic carbocycles. The van der Waals surface area contributed by atoms with E-state index in [0.717, 1.165) is 0 Å². The Bertz CT molecular complexity index is 485. The minimum atomic E-state index is -0.574. The third-order valence-electron chi connectivity index (χ3n) is 2.37. The number of aliphatic imine (C=N–C) groups is 1. The van der Waals surface area contributed by atoms with Gasteiger partial charge in [-0.2, -0.15) is 0 Å². The van der Waals surface area contributed by atoms with Gasteiger partial charge in [-0.15, -0.1) is 0 Å². The van der Waals surface area contributed by atoms with Crippen LogP contribution in [0, 0.1) is 5.92 Å². The summed E-state index contributed by atoms with van der Waals surface area (Å²) in [7, 11) is 1.32. The largest absolute Gasteiger partial charge is 0.468 e. The third kappa shape index (κ3) is 1.75. The summed E-state index contributed by atoms with van der Waals surface area (Å²) in [4.78, 5) is 27.4. The van der Waals surface area contributed by atoms with Gasteiger partial charge in [0, 0.05) is 11.8 Å². The zero-order valence-corrected chi connectivity index (χ0v) is 10.6. The minimum Gasteiger partial charge on any atom is -0.468 e. The number of carbonyl (C=O) groups is 2. The number of nitrogens with zero attached hydrogens (tertiary/aromatic N) is 1. The maximum Gasteiger partial charge on any atom is 0.318 e. The Morgan fingerprint density at radius 2 is 2.31 bits per heavy atom. The third-order valence-corrected chi connectivity index (χ3v) is 3.14. The number of hydrogen-bond acceptors (Lipinski definition) is 4. The van der Waals surface area contributed by atoms with Crippen LogP contribution < -0.4 is 0 Å². The van der Waals surface area contributed by atoms with Crippen molar-refractivity contribution in [1.29, 1.82) is 0 Å². The smallest absolute Gasteiger partial charge is 0.318 e. The highest BCUT2D eigenvalue weighted by molar-refractivity contribution is 14.1. The van der Waals surface area contributed by atoms with Crippen molar-refractivity contribution in [2.45, 2.75) is 0 Å². The van der Waals surface area contributed by atoms with E-state index >= 15 is 0 Å². The molecule has 82 valence electrons. The summed E-state index contributed by atoms with van der Waals surface area (Å²) in [5.41, 5.74) is 0.949. The molecule has 0 saturated heterocycles. The van der Waals surface area contributed by atoms with Crippen LogP contribution in [0.3, 0.4) is 0 Å². The molecular weight excluding hydrogens is 321 g/mol. The maximum absolute atomic E-state index is 11.8. The molecule has 0 fully saturated rings. The molecule has 0 saturated carbocycles. The Morgan fingerprint density at radius 3 is 3.00 bits per heavy atom. The van der Waals surface area contributed by atoms with Crippen LogP contribution in [-0.2, 0) is 14.3 Å². The van der Waals surface area contributed by atoms with Crippen LogP contribution in [-0.4, -0.2) is 24.6 Å². The predicted molar refractivity (Wildman–Crippen MR) is 67.3 cm³/mol. The number of carbonyl (C=O) groups excluding carboxylic acids is 2. The molecule has 1 aliphatic carbocycles. The normalized spacial score (nSPS) is 23.0. The van der Waals surface area contributed by atoms with Gasteiger partial charge in [-0.3, -0.25) is 14.6 Å². The van der Waals surface area contributed by atoms with E-state index in [4.69, 9.17) is 0 Å². The lowest BCUT2D eigenvalue weighted by molar-refractivity contribution is -0.141. The Hall–Kier alpha value is -1.24. The van der Waals surface area contributed by atoms with E-state index in [2.05, 4.69) is 9.73 Å². The molecule has 1 heterocycles. The molecule has 1 unspecified atom stereocenters. The van der Waals surface area contributed by atoms with Crippen molar-refractivity contribution >= 4 is 40.1 Å². The molecule has 0 spiro atoms. The van der Waals surface area contributed by atoms with Crippen LogP contribution in [0.2, 0.25) is 0 Å². The molecule has 0 radical (unpaired) electrons. The second-order valence-electron chi connectivity index (χ2n) is 3.29. The molecule has 1 atom stereocenters. The van der Waals surface area contributed by atoms with Crippen molar-refractivity contribution in [2.75, 3.05) is 7.11 Å². The fourth-order valence-corrected chi connectivity index (χ4v) is 2.01. The summed E-state index contributed by atoms with van der Waals surface area (Å²) in [5.74, 6) is -1.07. The first-order valence-corrected chi connectivity index (χ1v) is 5.67. The average Bonchev–Trinajstić information content (AvgIpc) is 2.32. The molecule has 0 aromatic heterocycles. The average molecular weight is 329 g/mol. The van der Waals surface area contributed by atoms with Gasteiger partial charge < -0.3 is 4.74 Å². The first kappa shape index (κ1) is 11.3. The summed E-state index contributed by atoms with van der Waals surface area (Å²) in [6, 6.07) is 0. The van der Waals surface area contributed by atoms with Gasteiger partial charge in [0.15, 0.2) is 0 Å². The first-order chi connectivity index (χ1) is 7.65. The van der Waals surface area contributed by atoms with Crippen LogP contribution in [0.25, 0.3) is 0 Å². The van der Waals surface area contributed by atoms with E-state index in [0.29, 0.717) is 14.9 Å². The number of allylic oxidation sites excluding steroid dienone is 4. The lowest BCUT2D eigenvalue weighted by atomic mass is 9.88. The SMILES string of the molecule is COC(=O)C1C=CC=C2C(=O)C(I)=CN=C21. The molecule has 1 aliphatic heterocycles. The molecular formula is C11H8INO3. The number of halogens is 1.